The Bertz CT molecular complexity index is 337. The molecule has 0 aliphatic rings. The average molecular weight is 207 g/mol. The minimum atomic E-state index is -1.37. The van der Waals surface area contributed by atoms with E-state index in [4.69, 9.17) is 5.11 Å². The van der Waals surface area contributed by atoms with Gasteiger partial charge in [-0.05, 0) is 12.0 Å². The van der Waals surface area contributed by atoms with Crippen LogP contribution >= 0.6 is 0 Å². The van der Waals surface area contributed by atoms with Crippen molar-refractivity contribution < 1.29 is 15.1 Å². The van der Waals surface area contributed by atoms with E-state index in [1.54, 1.807) is 30.3 Å². The molecule has 80 valence electrons. The molecule has 0 radical (unpaired) electrons. The molecule has 0 aromatic heterocycles. The van der Waals surface area contributed by atoms with Gasteiger partial charge in [-0.1, -0.05) is 36.4 Å². The van der Waals surface area contributed by atoms with E-state index < -0.39 is 12.1 Å². The van der Waals surface area contributed by atoms with Gasteiger partial charge < -0.3 is 5.11 Å². The molecule has 1 aromatic carbocycles. The predicted octanol–water partition coefficient (Wildman–Crippen LogP) is 2.67. The summed E-state index contributed by atoms with van der Waals surface area (Å²) >= 11 is 0. The largest absolute Gasteiger partial charge is 0.463 e. The van der Waals surface area contributed by atoms with Crippen molar-refractivity contribution in [3.63, 3.8) is 0 Å². The molecule has 1 atom stereocenters. The Balaban J connectivity index is 2.92. The Morgan fingerprint density at radius 1 is 1.47 bits per heavy atom. The third-order valence-corrected chi connectivity index (χ3v) is 2.07. The van der Waals surface area contributed by atoms with Gasteiger partial charge in [-0.15, -0.1) is 6.58 Å². The van der Waals surface area contributed by atoms with Crippen LogP contribution in [0.15, 0.2) is 43.0 Å². The number of nitrogens with zero attached hydrogens (tertiary/aromatic N) is 1. The van der Waals surface area contributed by atoms with Crippen molar-refractivity contribution in [1.82, 2.24) is 5.06 Å². The standard InChI is InChI=1S/C11H13NO3/c1-2-6-10(12(15)11(13)14)9-7-4-3-5-8-9/h2-5,7-8,10,15H,1,6H2,(H,13,14). The number of hydroxylamine groups is 2. The molecule has 0 aliphatic carbocycles. The van der Waals surface area contributed by atoms with Gasteiger partial charge in [0.15, 0.2) is 0 Å². The zero-order chi connectivity index (χ0) is 11.3. The molecule has 0 heterocycles. The van der Waals surface area contributed by atoms with Crippen molar-refractivity contribution in [3.05, 3.63) is 48.6 Å². The van der Waals surface area contributed by atoms with Crippen LogP contribution in [0.5, 0.6) is 0 Å². The quantitative estimate of drug-likeness (QED) is 0.453. The Labute approximate surface area is 88.0 Å². The van der Waals surface area contributed by atoms with Crippen LogP contribution < -0.4 is 0 Å². The first-order valence-corrected chi connectivity index (χ1v) is 4.53. The smallest absolute Gasteiger partial charge is 0.431 e. The lowest BCUT2D eigenvalue weighted by atomic mass is 10.0. The maximum Gasteiger partial charge on any atom is 0.431 e. The van der Waals surface area contributed by atoms with E-state index >= 15 is 0 Å². The van der Waals surface area contributed by atoms with Gasteiger partial charge in [-0.25, -0.2) is 4.79 Å². The van der Waals surface area contributed by atoms with Crippen LogP contribution in [0.1, 0.15) is 18.0 Å². The van der Waals surface area contributed by atoms with Crippen LogP contribution in [0.2, 0.25) is 0 Å². The lowest BCUT2D eigenvalue weighted by Crippen LogP contribution is -2.30. The van der Waals surface area contributed by atoms with Crippen LogP contribution in [0.3, 0.4) is 0 Å². The maximum atomic E-state index is 10.6. The van der Waals surface area contributed by atoms with Crippen molar-refractivity contribution in [2.45, 2.75) is 12.5 Å². The normalized spacial score (nSPS) is 11.8. The summed E-state index contributed by atoms with van der Waals surface area (Å²) in [5.74, 6) is 0. The molecule has 0 spiro atoms. The summed E-state index contributed by atoms with van der Waals surface area (Å²) in [6.45, 7) is 3.54. The highest BCUT2D eigenvalue weighted by molar-refractivity contribution is 5.64. The molecular formula is C11H13NO3. The third-order valence-electron chi connectivity index (χ3n) is 2.07. The van der Waals surface area contributed by atoms with Crippen LogP contribution in [0, 0.1) is 0 Å². The van der Waals surface area contributed by atoms with Crippen LogP contribution in [-0.2, 0) is 0 Å². The highest BCUT2D eigenvalue weighted by atomic mass is 16.6. The van der Waals surface area contributed by atoms with Gasteiger partial charge in [-0.2, -0.15) is 5.06 Å². The van der Waals surface area contributed by atoms with E-state index in [1.807, 2.05) is 6.07 Å². The summed E-state index contributed by atoms with van der Waals surface area (Å²) in [6, 6.07) is 8.35. The fourth-order valence-electron chi connectivity index (χ4n) is 1.34. The molecule has 1 unspecified atom stereocenters. The molecule has 0 fully saturated rings. The first kappa shape index (κ1) is 11.3. The Kier molecular flexibility index (Phi) is 3.88. The third kappa shape index (κ3) is 2.82. The highest BCUT2D eigenvalue weighted by Crippen LogP contribution is 2.22. The minimum Gasteiger partial charge on any atom is -0.463 e. The second kappa shape index (κ2) is 5.17. The van der Waals surface area contributed by atoms with Crippen molar-refractivity contribution in [3.8, 4) is 0 Å². The van der Waals surface area contributed by atoms with E-state index in [-0.39, 0.29) is 0 Å². The van der Waals surface area contributed by atoms with Gasteiger partial charge in [0.1, 0.15) is 0 Å². The van der Waals surface area contributed by atoms with Gasteiger partial charge in [0.2, 0.25) is 0 Å². The summed E-state index contributed by atoms with van der Waals surface area (Å²) in [4.78, 5) is 10.6. The molecular weight excluding hydrogens is 194 g/mol. The molecule has 4 heteroatoms. The highest BCUT2D eigenvalue weighted by Gasteiger charge is 2.21. The topological polar surface area (TPSA) is 60.8 Å². The van der Waals surface area contributed by atoms with Crippen molar-refractivity contribution in [2.75, 3.05) is 0 Å². The predicted molar refractivity (Wildman–Crippen MR) is 55.6 cm³/mol. The van der Waals surface area contributed by atoms with Crippen LogP contribution in [0.25, 0.3) is 0 Å². The molecule has 0 bridgehead atoms. The van der Waals surface area contributed by atoms with Crippen LogP contribution in [0.4, 0.5) is 4.79 Å². The molecule has 0 saturated heterocycles. The molecule has 1 amide bonds. The fourth-order valence-corrected chi connectivity index (χ4v) is 1.34. The SMILES string of the molecule is C=CCC(c1ccccc1)N(O)C(=O)O. The van der Waals surface area contributed by atoms with E-state index in [2.05, 4.69) is 6.58 Å². The summed E-state index contributed by atoms with van der Waals surface area (Å²) in [6.07, 6.45) is 0.571. The molecule has 0 saturated carbocycles. The van der Waals surface area contributed by atoms with E-state index in [1.165, 1.54) is 0 Å². The number of rotatable bonds is 4. The number of benzene rings is 1. The summed E-state index contributed by atoms with van der Waals surface area (Å²) in [5.41, 5.74) is 0.738. The van der Waals surface area contributed by atoms with E-state index in [0.717, 1.165) is 5.56 Å². The van der Waals surface area contributed by atoms with Crippen molar-refractivity contribution in [2.24, 2.45) is 0 Å². The van der Waals surface area contributed by atoms with E-state index in [9.17, 15) is 10.0 Å². The monoisotopic (exact) mass is 207 g/mol. The Morgan fingerprint density at radius 2 is 2.07 bits per heavy atom. The number of carboxylic acid groups (broad SMARTS) is 1. The van der Waals surface area contributed by atoms with Gasteiger partial charge in [0, 0.05) is 0 Å². The fraction of sp³-hybridized carbons (Fsp3) is 0.182. The average Bonchev–Trinajstić information content (AvgIpc) is 2.26. The second-order valence-corrected chi connectivity index (χ2v) is 3.08. The van der Waals surface area contributed by atoms with Gasteiger partial charge in [0.05, 0.1) is 6.04 Å². The number of hydrogen-bond acceptors (Lipinski definition) is 2. The van der Waals surface area contributed by atoms with Crippen LogP contribution in [-0.4, -0.2) is 21.5 Å². The van der Waals surface area contributed by atoms with Gasteiger partial charge >= 0.3 is 6.09 Å². The summed E-state index contributed by atoms with van der Waals surface area (Å²) in [5, 5.41) is 18.3. The first-order chi connectivity index (χ1) is 7.16. The molecule has 0 aliphatic heterocycles. The zero-order valence-corrected chi connectivity index (χ0v) is 8.21. The molecule has 1 rings (SSSR count). The molecule has 15 heavy (non-hydrogen) atoms. The first-order valence-electron chi connectivity index (χ1n) is 4.53. The Hall–Kier alpha value is -1.81. The van der Waals surface area contributed by atoms with Gasteiger partial charge in [-0.3, -0.25) is 5.21 Å². The lowest BCUT2D eigenvalue weighted by molar-refractivity contribution is -0.0970. The number of hydrogen-bond donors (Lipinski definition) is 2. The lowest BCUT2D eigenvalue weighted by Gasteiger charge is -2.22. The van der Waals surface area contributed by atoms with E-state index in [0.29, 0.717) is 11.5 Å². The summed E-state index contributed by atoms with van der Waals surface area (Å²) in [7, 11) is 0. The van der Waals surface area contributed by atoms with Crippen molar-refractivity contribution >= 4 is 6.09 Å². The minimum absolute atomic E-state index is 0.303. The number of amides is 1. The van der Waals surface area contributed by atoms with Crippen molar-refractivity contribution in [1.29, 1.82) is 0 Å². The second-order valence-electron chi connectivity index (χ2n) is 3.08. The zero-order valence-electron chi connectivity index (χ0n) is 8.21. The molecule has 2 N–H and O–H groups in total. The molecule has 4 nitrogen and oxygen atoms in total. The summed E-state index contributed by atoms with van der Waals surface area (Å²) < 4.78 is 0. The Morgan fingerprint density at radius 3 is 2.53 bits per heavy atom. The number of carbonyl (C=O) groups is 1. The maximum absolute atomic E-state index is 10.6. The van der Waals surface area contributed by atoms with Gasteiger partial charge in [0.25, 0.3) is 0 Å². The molecule has 1 aromatic rings.